The second kappa shape index (κ2) is 3.82. The van der Waals surface area contributed by atoms with Crippen LogP contribution in [0.2, 0.25) is 0 Å². The number of fused-ring (bicyclic) bond motifs is 1. The topological polar surface area (TPSA) is 61.1 Å². The monoisotopic (exact) mass is 345 g/mol. The van der Waals surface area contributed by atoms with Crippen LogP contribution in [0.15, 0.2) is 24.0 Å². The molecule has 0 fully saturated rings. The van der Waals surface area contributed by atoms with E-state index in [0.29, 0.717) is 6.54 Å². The van der Waals surface area contributed by atoms with Crippen molar-refractivity contribution >= 4 is 38.9 Å². The maximum atomic E-state index is 5.77. The summed E-state index contributed by atoms with van der Waals surface area (Å²) in [5.41, 5.74) is 6.75. The van der Waals surface area contributed by atoms with E-state index in [2.05, 4.69) is 32.7 Å². The lowest BCUT2D eigenvalue weighted by Crippen LogP contribution is -2.06. The van der Waals surface area contributed by atoms with Crippen molar-refractivity contribution in [2.75, 3.05) is 0 Å². The average Bonchev–Trinajstić information content (AvgIpc) is 2.90. The molecule has 3 heterocycles. The van der Waals surface area contributed by atoms with Crippen molar-refractivity contribution in [3.63, 3.8) is 0 Å². The molecule has 0 aliphatic heterocycles. The van der Waals surface area contributed by atoms with Crippen LogP contribution in [-0.2, 0) is 6.54 Å². The molecule has 0 bridgehead atoms. The molecule has 0 aliphatic rings. The van der Waals surface area contributed by atoms with Gasteiger partial charge in [0.2, 0.25) is 0 Å². The van der Waals surface area contributed by atoms with Gasteiger partial charge in [-0.3, -0.25) is 4.40 Å². The third-order valence-electron chi connectivity index (χ3n) is 2.30. The molecular formula is C9H8IN5S. The van der Waals surface area contributed by atoms with Crippen molar-refractivity contribution in [1.82, 2.24) is 19.2 Å². The first-order valence-corrected chi connectivity index (χ1v) is 6.60. The third kappa shape index (κ3) is 1.46. The van der Waals surface area contributed by atoms with E-state index >= 15 is 0 Å². The van der Waals surface area contributed by atoms with E-state index in [1.165, 1.54) is 0 Å². The number of aromatic nitrogens is 4. The molecule has 0 aromatic carbocycles. The first-order valence-electron chi connectivity index (χ1n) is 4.64. The van der Waals surface area contributed by atoms with Gasteiger partial charge in [-0.1, -0.05) is 0 Å². The molecule has 0 unspecified atom stereocenters. The summed E-state index contributed by atoms with van der Waals surface area (Å²) in [4.78, 5) is 5.47. The molecule has 5 nitrogen and oxygen atoms in total. The van der Waals surface area contributed by atoms with Gasteiger partial charge in [-0.2, -0.15) is 10.1 Å². The lowest BCUT2D eigenvalue weighted by atomic mass is 10.4. The molecule has 0 atom stereocenters. The van der Waals surface area contributed by atoms with Crippen molar-refractivity contribution < 1.29 is 0 Å². The normalized spacial score (nSPS) is 11.4. The number of nitrogens with zero attached hydrogens (tertiary/aromatic N) is 4. The first-order chi connectivity index (χ1) is 7.79. The molecule has 3 aromatic rings. The molecule has 7 heteroatoms. The largest absolute Gasteiger partial charge is 0.325 e. The van der Waals surface area contributed by atoms with Gasteiger partial charge >= 0.3 is 0 Å². The van der Waals surface area contributed by atoms with Gasteiger partial charge in [0.25, 0.3) is 0 Å². The van der Waals surface area contributed by atoms with Crippen LogP contribution in [0, 0.1) is 3.57 Å². The van der Waals surface area contributed by atoms with Gasteiger partial charge in [-0.15, -0.1) is 11.3 Å². The molecule has 0 radical (unpaired) electrons. The number of nitrogens with two attached hydrogens (primary N) is 1. The molecule has 0 amide bonds. The number of rotatable bonds is 2. The zero-order valence-corrected chi connectivity index (χ0v) is 11.1. The van der Waals surface area contributed by atoms with Crippen LogP contribution < -0.4 is 5.73 Å². The fraction of sp³-hybridized carbons (Fsp3) is 0.111. The third-order valence-corrected chi connectivity index (χ3v) is 3.62. The molecule has 0 saturated carbocycles. The highest BCUT2D eigenvalue weighted by Gasteiger charge is 2.13. The van der Waals surface area contributed by atoms with Gasteiger partial charge < -0.3 is 5.73 Å². The van der Waals surface area contributed by atoms with Crippen LogP contribution in [0.4, 0.5) is 0 Å². The van der Waals surface area contributed by atoms with E-state index in [9.17, 15) is 0 Å². The Morgan fingerprint density at radius 2 is 2.38 bits per heavy atom. The van der Waals surface area contributed by atoms with E-state index < -0.39 is 0 Å². The van der Waals surface area contributed by atoms with Crippen molar-refractivity contribution in [2.45, 2.75) is 6.54 Å². The minimum absolute atomic E-state index is 0.448. The molecule has 16 heavy (non-hydrogen) atoms. The minimum atomic E-state index is 0.448. The summed E-state index contributed by atoms with van der Waals surface area (Å²) in [5, 5.41) is 6.25. The molecule has 82 valence electrons. The highest BCUT2D eigenvalue weighted by molar-refractivity contribution is 14.1. The number of thiazole rings is 1. The second-order valence-electron chi connectivity index (χ2n) is 3.24. The number of hydrogen-bond acceptors (Lipinski definition) is 4. The number of hydrogen-bond donors (Lipinski definition) is 1. The van der Waals surface area contributed by atoms with Gasteiger partial charge in [0.15, 0.2) is 10.8 Å². The zero-order chi connectivity index (χ0) is 11.1. The maximum absolute atomic E-state index is 5.77. The van der Waals surface area contributed by atoms with Crippen LogP contribution in [-0.4, -0.2) is 19.2 Å². The Kier molecular flexibility index (Phi) is 2.45. The Morgan fingerprint density at radius 1 is 1.50 bits per heavy atom. The van der Waals surface area contributed by atoms with Crippen LogP contribution in [0.25, 0.3) is 10.8 Å². The minimum Gasteiger partial charge on any atom is -0.325 e. The lowest BCUT2D eigenvalue weighted by molar-refractivity contribution is 0.825. The van der Waals surface area contributed by atoms with Crippen LogP contribution >= 0.6 is 33.9 Å². The van der Waals surface area contributed by atoms with Crippen LogP contribution in [0.3, 0.4) is 0 Å². The molecule has 2 N–H and O–H groups in total. The second-order valence-corrected chi connectivity index (χ2v) is 5.36. The first kappa shape index (κ1) is 10.2. The van der Waals surface area contributed by atoms with E-state index in [-0.39, 0.29) is 0 Å². The maximum Gasteiger partial charge on any atom is 0.196 e. The molecule has 0 saturated heterocycles. The van der Waals surface area contributed by atoms with E-state index in [1.807, 2.05) is 22.2 Å². The van der Waals surface area contributed by atoms with Gasteiger partial charge in [-0.05, 0) is 22.6 Å². The fourth-order valence-electron chi connectivity index (χ4n) is 1.61. The molecule has 3 aromatic heterocycles. The fourth-order valence-corrected chi connectivity index (χ4v) is 2.73. The van der Waals surface area contributed by atoms with Gasteiger partial charge in [-0.25, -0.2) is 4.68 Å². The smallest absolute Gasteiger partial charge is 0.196 e. The standard InChI is InChI=1S/C9H8IN5S/c10-6-4-12-15(5-6)8-7(3-11)14-1-2-16-9(14)13-8/h1-2,4-5H,3,11H2. The number of imidazole rings is 1. The molecular weight excluding hydrogens is 337 g/mol. The highest BCUT2D eigenvalue weighted by atomic mass is 127. The van der Waals surface area contributed by atoms with Gasteiger partial charge in [0.05, 0.1) is 15.5 Å². The summed E-state index contributed by atoms with van der Waals surface area (Å²) in [6, 6.07) is 0. The van der Waals surface area contributed by atoms with Gasteiger partial charge in [0.1, 0.15) is 0 Å². The quantitative estimate of drug-likeness (QED) is 0.719. The highest BCUT2D eigenvalue weighted by Crippen LogP contribution is 2.20. The van der Waals surface area contributed by atoms with Crippen molar-refractivity contribution in [3.8, 4) is 5.82 Å². The van der Waals surface area contributed by atoms with Crippen molar-refractivity contribution in [1.29, 1.82) is 0 Å². The Bertz CT molecular complexity index is 637. The SMILES string of the molecule is NCc1c(-n2cc(I)cn2)nc2sccn12. The zero-order valence-electron chi connectivity index (χ0n) is 8.17. The Morgan fingerprint density at radius 3 is 3.06 bits per heavy atom. The average molecular weight is 345 g/mol. The summed E-state index contributed by atoms with van der Waals surface area (Å²) < 4.78 is 4.86. The Hall–Kier alpha value is -0.930. The van der Waals surface area contributed by atoms with E-state index in [0.717, 1.165) is 20.0 Å². The summed E-state index contributed by atoms with van der Waals surface area (Å²) in [5.74, 6) is 0.817. The Balaban J connectivity index is 2.26. The van der Waals surface area contributed by atoms with E-state index in [4.69, 9.17) is 5.73 Å². The Labute approximate surface area is 109 Å². The summed E-state index contributed by atoms with van der Waals surface area (Å²) in [7, 11) is 0. The van der Waals surface area contributed by atoms with Crippen LogP contribution in [0.5, 0.6) is 0 Å². The summed E-state index contributed by atoms with van der Waals surface area (Å²) in [6.07, 6.45) is 5.72. The summed E-state index contributed by atoms with van der Waals surface area (Å²) >= 11 is 3.81. The van der Waals surface area contributed by atoms with Crippen molar-refractivity contribution in [2.24, 2.45) is 5.73 Å². The van der Waals surface area contributed by atoms with Crippen LogP contribution in [0.1, 0.15) is 5.69 Å². The van der Waals surface area contributed by atoms with E-state index in [1.54, 1.807) is 22.2 Å². The molecule has 0 aliphatic carbocycles. The number of halogens is 1. The van der Waals surface area contributed by atoms with Crippen molar-refractivity contribution in [3.05, 3.63) is 33.2 Å². The predicted octanol–water partition coefficient (Wildman–Crippen LogP) is 1.64. The van der Waals surface area contributed by atoms with Gasteiger partial charge in [0, 0.05) is 24.3 Å². The predicted molar refractivity (Wildman–Crippen MR) is 70.8 cm³/mol. The molecule has 3 rings (SSSR count). The summed E-state index contributed by atoms with van der Waals surface area (Å²) in [6.45, 7) is 0.448. The molecule has 0 spiro atoms. The lowest BCUT2D eigenvalue weighted by Gasteiger charge is -1.99.